The maximum absolute atomic E-state index is 12.8. The summed E-state index contributed by atoms with van der Waals surface area (Å²) in [6.07, 6.45) is 0. The van der Waals surface area contributed by atoms with Gasteiger partial charge < -0.3 is 26.5 Å². The molecule has 0 aliphatic rings. The van der Waals surface area contributed by atoms with Crippen molar-refractivity contribution in [3.63, 3.8) is 0 Å². The number of hydrogen-bond donors (Lipinski definition) is 5. The first-order chi connectivity index (χ1) is 15.0. The van der Waals surface area contributed by atoms with Crippen LogP contribution in [0.2, 0.25) is 0 Å². The van der Waals surface area contributed by atoms with Crippen molar-refractivity contribution < 1.29 is 5.11 Å². The van der Waals surface area contributed by atoms with Gasteiger partial charge in [0, 0.05) is 18.8 Å². The molecule has 31 heavy (non-hydrogen) atoms. The minimum absolute atomic E-state index is 0.0415. The van der Waals surface area contributed by atoms with E-state index in [1.54, 1.807) is 18.2 Å². The van der Waals surface area contributed by atoms with Gasteiger partial charge in [0.1, 0.15) is 5.75 Å². The minimum Gasteiger partial charge on any atom is -0.506 e. The fourth-order valence-electron chi connectivity index (χ4n) is 3.28. The number of nitrogen functional groups attached to an aromatic ring is 1. The van der Waals surface area contributed by atoms with Crippen LogP contribution in [0.25, 0.3) is 16.6 Å². The number of phenols is 1. The van der Waals surface area contributed by atoms with Crippen LogP contribution in [0.15, 0.2) is 78.1 Å². The second-order valence-corrected chi connectivity index (χ2v) is 7.18. The van der Waals surface area contributed by atoms with Crippen LogP contribution in [0.3, 0.4) is 0 Å². The van der Waals surface area contributed by atoms with Crippen molar-refractivity contribution in [3.8, 4) is 5.75 Å². The number of aromatic hydroxyl groups is 1. The first-order valence-corrected chi connectivity index (χ1v) is 9.82. The summed E-state index contributed by atoms with van der Waals surface area (Å²) in [5.41, 5.74) is 9.56. The molecule has 6 N–H and O–H groups in total. The molecular weight excluding hydrogens is 390 g/mol. The van der Waals surface area contributed by atoms with Gasteiger partial charge in [-0.15, -0.1) is 0 Å². The number of aromatic nitrogens is 2. The standard InChI is InChI=1S/C24H23N5O2/c1-15(26-14-17-10-11-21(30)18(25)12-17)23-28-20-9-5-8-19(22(20)24(31)29-23)27-13-16-6-3-2-4-7-16/h2-12,26-27,30H,1,13-14,25H2,(H,28,29,31). The van der Waals surface area contributed by atoms with E-state index in [4.69, 9.17) is 5.73 Å². The third kappa shape index (κ3) is 4.51. The zero-order valence-corrected chi connectivity index (χ0v) is 16.9. The van der Waals surface area contributed by atoms with Gasteiger partial charge >= 0.3 is 0 Å². The van der Waals surface area contributed by atoms with Crippen molar-refractivity contribution in [1.29, 1.82) is 0 Å². The van der Waals surface area contributed by atoms with E-state index in [1.165, 1.54) is 6.07 Å². The predicted octanol–water partition coefficient (Wildman–Crippen LogP) is 3.58. The molecule has 0 amide bonds. The van der Waals surface area contributed by atoms with Crippen molar-refractivity contribution in [2.24, 2.45) is 0 Å². The number of rotatable bonds is 7. The van der Waals surface area contributed by atoms with Crippen molar-refractivity contribution >= 4 is 28.0 Å². The van der Waals surface area contributed by atoms with Crippen LogP contribution in [0.5, 0.6) is 5.75 Å². The highest BCUT2D eigenvalue weighted by molar-refractivity contribution is 5.91. The number of nitrogens with two attached hydrogens (primary N) is 1. The van der Waals surface area contributed by atoms with Gasteiger partial charge in [-0.1, -0.05) is 49.0 Å². The molecule has 4 rings (SSSR count). The normalized spacial score (nSPS) is 10.7. The van der Waals surface area contributed by atoms with E-state index in [0.29, 0.717) is 41.2 Å². The lowest BCUT2D eigenvalue weighted by molar-refractivity contribution is 0.477. The summed E-state index contributed by atoms with van der Waals surface area (Å²) in [6.45, 7) is 5.01. The number of phenolic OH excluding ortho intramolecular Hbond substituents is 1. The van der Waals surface area contributed by atoms with Gasteiger partial charge in [-0.25, -0.2) is 4.98 Å². The van der Waals surface area contributed by atoms with Gasteiger partial charge in [0.05, 0.1) is 22.3 Å². The third-order valence-electron chi connectivity index (χ3n) is 4.94. The summed E-state index contributed by atoms with van der Waals surface area (Å²) in [5.74, 6) is 0.407. The highest BCUT2D eigenvalue weighted by atomic mass is 16.3. The van der Waals surface area contributed by atoms with E-state index >= 15 is 0 Å². The highest BCUT2D eigenvalue weighted by Crippen LogP contribution is 2.22. The zero-order chi connectivity index (χ0) is 21.8. The fourth-order valence-corrected chi connectivity index (χ4v) is 3.28. The highest BCUT2D eigenvalue weighted by Gasteiger charge is 2.11. The van der Waals surface area contributed by atoms with Gasteiger partial charge in [-0.05, 0) is 35.4 Å². The first-order valence-electron chi connectivity index (χ1n) is 9.82. The maximum Gasteiger partial charge on any atom is 0.261 e. The molecule has 0 saturated carbocycles. The SMILES string of the molecule is C=C(NCc1ccc(O)c(N)c1)c1nc2cccc(NCc3ccccc3)c2c(=O)[nH]1. The molecule has 156 valence electrons. The van der Waals surface area contributed by atoms with Crippen molar-refractivity contribution in [2.75, 3.05) is 11.1 Å². The quantitative estimate of drug-likeness (QED) is 0.234. The molecular formula is C24H23N5O2. The molecule has 4 aromatic rings. The van der Waals surface area contributed by atoms with Crippen LogP contribution >= 0.6 is 0 Å². The number of H-pyrrole nitrogens is 1. The molecule has 0 aliphatic carbocycles. The van der Waals surface area contributed by atoms with Gasteiger partial charge in [-0.3, -0.25) is 4.79 Å². The fraction of sp³-hybridized carbons (Fsp3) is 0.0833. The Morgan fingerprint density at radius 1 is 1.03 bits per heavy atom. The molecule has 0 bridgehead atoms. The lowest BCUT2D eigenvalue weighted by atomic mass is 10.1. The lowest BCUT2D eigenvalue weighted by Crippen LogP contribution is -2.18. The molecule has 0 spiro atoms. The van der Waals surface area contributed by atoms with Crippen molar-refractivity contribution in [2.45, 2.75) is 13.1 Å². The smallest absolute Gasteiger partial charge is 0.261 e. The Hall–Kier alpha value is -4.26. The van der Waals surface area contributed by atoms with Crippen molar-refractivity contribution in [1.82, 2.24) is 15.3 Å². The Kier molecular flexibility index (Phi) is 5.57. The third-order valence-corrected chi connectivity index (χ3v) is 4.94. The van der Waals surface area contributed by atoms with E-state index in [0.717, 1.165) is 16.8 Å². The number of benzene rings is 3. The van der Waals surface area contributed by atoms with Gasteiger partial charge in [0.25, 0.3) is 5.56 Å². The Morgan fingerprint density at radius 3 is 2.61 bits per heavy atom. The molecule has 7 heteroatoms. The molecule has 0 aliphatic heterocycles. The predicted molar refractivity (Wildman–Crippen MR) is 125 cm³/mol. The monoisotopic (exact) mass is 413 g/mol. The lowest BCUT2D eigenvalue weighted by Gasteiger charge is -2.12. The molecule has 0 saturated heterocycles. The number of nitrogens with zero attached hydrogens (tertiary/aromatic N) is 1. The van der Waals surface area contributed by atoms with Crippen LogP contribution < -0.4 is 21.9 Å². The summed E-state index contributed by atoms with van der Waals surface area (Å²) < 4.78 is 0. The van der Waals surface area contributed by atoms with E-state index in [2.05, 4.69) is 27.2 Å². The number of anilines is 2. The van der Waals surface area contributed by atoms with Gasteiger partial charge in [-0.2, -0.15) is 0 Å². The van der Waals surface area contributed by atoms with Crippen LogP contribution in [-0.2, 0) is 13.1 Å². The second kappa shape index (κ2) is 8.62. The number of nitrogens with one attached hydrogen (secondary N) is 3. The Labute approximate surface area is 179 Å². The van der Waals surface area contributed by atoms with E-state index in [-0.39, 0.29) is 11.3 Å². The zero-order valence-electron chi connectivity index (χ0n) is 16.9. The molecule has 1 heterocycles. The summed E-state index contributed by atoms with van der Waals surface area (Å²) in [5, 5.41) is 16.5. The summed E-state index contributed by atoms with van der Waals surface area (Å²) in [4.78, 5) is 20.2. The topological polar surface area (TPSA) is 116 Å². The first kappa shape index (κ1) is 20.0. The average Bonchev–Trinajstić information content (AvgIpc) is 2.78. The molecule has 0 unspecified atom stereocenters. The number of fused-ring (bicyclic) bond motifs is 1. The van der Waals surface area contributed by atoms with Gasteiger partial charge in [0.15, 0.2) is 5.82 Å². The van der Waals surface area contributed by atoms with E-state index < -0.39 is 0 Å². The average molecular weight is 413 g/mol. The molecule has 0 radical (unpaired) electrons. The molecule has 7 nitrogen and oxygen atoms in total. The van der Waals surface area contributed by atoms with Crippen LogP contribution in [0.4, 0.5) is 11.4 Å². The molecule has 3 aromatic carbocycles. The Morgan fingerprint density at radius 2 is 1.84 bits per heavy atom. The van der Waals surface area contributed by atoms with Crippen molar-refractivity contribution in [3.05, 3.63) is 101 Å². The molecule has 0 atom stereocenters. The number of aromatic amines is 1. The second-order valence-electron chi connectivity index (χ2n) is 7.18. The molecule has 1 aromatic heterocycles. The van der Waals surface area contributed by atoms with Crippen LogP contribution in [-0.4, -0.2) is 15.1 Å². The Balaban J connectivity index is 1.53. The van der Waals surface area contributed by atoms with E-state index in [1.807, 2.05) is 42.5 Å². The summed E-state index contributed by atoms with van der Waals surface area (Å²) in [7, 11) is 0. The Bertz CT molecular complexity index is 1300. The van der Waals surface area contributed by atoms with E-state index in [9.17, 15) is 9.90 Å². The maximum atomic E-state index is 12.8. The van der Waals surface area contributed by atoms with Gasteiger partial charge in [0.2, 0.25) is 0 Å². The van der Waals surface area contributed by atoms with Crippen LogP contribution in [0, 0.1) is 0 Å². The molecule has 0 fully saturated rings. The largest absolute Gasteiger partial charge is 0.506 e. The minimum atomic E-state index is -0.243. The summed E-state index contributed by atoms with van der Waals surface area (Å²) in [6, 6.07) is 20.5. The van der Waals surface area contributed by atoms with Crippen LogP contribution in [0.1, 0.15) is 17.0 Å². The summed E-state index contributed by atoms with van der Waals surface area (Å²) >= 11 is 0. The number of hydrogen-bond acceptors (Lipinski definition) is 6.